The summed E-state index contributed by atoms with van der Waals surface area (Å²) in [5.74, 6) is -0.620. The van der Waals surface area contributed by atoms with Crippen molar-refractivity contribution in [3.05, 3.63) is 59.3 Å². The zero-order chi connectivity index (χ0) is 20.5. The molecule has 2 aromatic carbocycles. The van der Waals surface area contributed by atoms with E-state index in [-0.39, 0.29) is 12.2 Å². The van der Waals surface area contributed by atoms with Crippen molar-refractivity contribution in [3.63, 3.8) is 0 Å². The summed E-state index contributed by atoms with van der Waals surface area (Å²) < 4.78 is 48.0. The van der Waals surface area contributed by atoms with Crippen LogP contribution in [0.15, 0.2) is 42.5 Å². The fraction of sp³-hybridized carbons (Fsp3) is 0.250. The van der Waals surface area contributed by atoms with Crippen LogP contribution >= 0.6 is 0 Å². The molecule has 0 saturated heterocycles. The second kappa shape index (κ2) is 7.46. The number of halogens is 3. The van der Waals surface area contributed by atoms with Crippen LogP contribution in [0.25, 0.3) is 10.9 Å². The van der Waals surface area contributed by atoms with Gasteiger partial charge in [0.15, 0.2) is 0 Å². The lowest BCUT2D eigenvalue weighted by Crippen LogP contribution is -2.17. The van der Waals surface area contributed by atoms with Gasteiger partial charge >= 0.3 is 12.3 Å². The van der Waals surface area contributed by atoms with Gasteiger partial charge in [-0.3, -0.25) is 4.79 Å². The Morgan fingerprint density at radius 3 is 2.32 bits per heavy atom. The highest BCUT2D eigenvalue weighted by molar-refractivity contribution is 5.90. The van der Waals surface area contributed by atoms with Gasteiger partial charge in [0, 0.05) is 23.1 Å². The lowest BCUT2D eigenvalue weighted by atomic mass is 10.1. The molecular weight excluding hydrogens is 375 g/mol. The largest absolute Gasteiger partial charge is 0.573 e. The van der Waals surface area contributed by atoms with Crippen molar-refractivity contribution in [3.8, 4) is 11.5 Å². The van der Waals surface area contributed by atoms with Gasteiger partial charge in [0.2, 0.25) is 0 Å². The first-order valence-electron chi connectivity index (χ1n) is 8.40. The van der Waals surface area contributed by atoms with E-state index < -0.39 is 12.3 Å². The molecule has 0 radical (unpaired) electrons. The summed E-state index contributed by atoms with van der Waals surface area (Å²) in [5.41, 5.74) is 3.04. The van der Waals surface area contributed by atoms with E-state index in [0.717, 1.165) is 22.2 Å². The molecule has 0 bridgehead atoms. The molecule has 1 aromatic heterocycles. The number of rotatable bonds is 6. The SMILES string of the molecule is COc1ccc2c(c1)c(CC(=O)O)c(C)n2Cc1ccc(OC(F)(F)F)cc1. The fourth-order valence-corrected chi connectivity index (χ4v) is 3.21. The first kappa shape index (κ1) is 19.6. The van der Waals surface area contributed by atoms with Crippen molar-refractivity contribution in [2.24, 2.45) is 0 Å². The molecular formula is C20H18F3NO4. The van der Waals surface area contributed by atoms with Gasteiger partial charge in [-0.05, 0) is 48.4 Å². The first-order chi connectivity index (χ1) is 13.2. The molecule has 5 nitrogen and oxygen atoms in total. The van der Waals surface area contributed by atoms with Gasteiger partial charge < -0.3 is 19.1 Å². The van der Waals surface area contributed by atoms with Crippen LogP contribution in [0.5, 0.6) is 11.5 Å². The van der Waals surface area contributed by atoms with Crippen molar-refractivity contribution in [1.29, 1.82) is 0 Å². The van der Waals surface area contributed by atoms with Crippen LogP contribution in [-0.4, -0.2) is 29.1 Å². The molecule has 1 N–H and O–H groups in total. The van der Waals surface area contributed by atoms with Crippen molar-refractivity contribution < 1.29 is 32.5 Å². The van der Waals surface area contributed by atoms with Crippen molar-refractivity contribution in [2.75, 3.05) is 7.11 Å². The molecule has 28 heavy (non-hydrogen) atoms. The minimum absolute atomic E-state index is 0.138. The number of aromatic nitrogens is 1. The normalized spacial score (nSPS) is 11.6. The second-order valence-corrected chi connectivity index (χ2v) is 6.30. The Morgan fingerprint density at radius 1 is 1.11 bits per heavy atom. The van der Waals surface area contributed by atoms with Gasteiger partial charge in [-0.25, -0.2) is 0 Å². The summed E-state index contributed by atoms with van der Waals surface area (Å²) >= 11 is 0. The van der Waals surface area contributed by atoms with Crippen LogP contribution in [0.4, 0.5) is 13.2 Å². The summed E-state index contributed by atoms with van der Waals surface area (Å²) in [7, 11) is 1.53. The molecule has 3 aromatic rings. The first-order valence-corrected chi connectivity index (χ1v) is 8.40. The molecule has 0 fully saturated rings. The van der Waals surface area contributed by atoms with Crippen LogP contribution in [0.2, 0.25) is 0 Å². The number of methoxy groups -OCH3 is 1. The topological polar surface area (TPSA) is 60.7 Å². The summed E-state index contributed by atoms with van der Waals surface area (Å²) in [6.07, 6.45) is -4.87. The minimum atomic E-state index is -4.74. The maximum atomic E-state index is 12.3. The van der Waals surface area contributed by atoms with E-state index in [1.165, 1.54) is 19.2 Å². The third-order valence-corrected chi connectivity index (χ3v) is 4.49. The highest BCUT2D eigenvalue weighted by Crippen LogP contribution is 2.31. The number of carboxylic acids is 1. The number of carboxylic acid groups (broad SMARTS) is 1. The van der Waals surface area contributed by atoms with Gasteiger partial charge in [0.05, 0.1) is 13.5 Å². The maximum absolute atomic E-state index is 12.3. The van der Waals surface area contributed by atoms with Crippen molar-refractivity contribution in [1.82, 2.24) is 4.57 Å². The number of benzene rings is 2. The Balaban J connectivity index is 1.98. The summed E-state index contributed by atoms with van der Waals surface area (Å²) in [5, 5.41) is 10.0. The van der Waals surface area contributed by atoms with Crippen LogP contribution in [0, 0.1) is 6.92 Å². The Morgan fingerprint density at radius 2 is 1.75 bits per heavy atom. The predicted octanol–water partition coefficient (Wildman–Crippen LogP) is 4.53. The number of alkyl halides is 3. The standard InChI is InChI=1S/C20H18F3NO4/c1-12-16(10-19(25)26)17-9-15(27-2)7-8-18(17)24(12)11-13-3-5-14(6-4-13)28-20(21,22)23/h3-9H,10-11H2,1-2H3,(H,25,26). The monoisotopic (exact) mass is 393 g/mol. The molecule has 0 aliphatic rings. The number of hydrogen-bond donors (Lipinski definition) is 1. The van der Waals surface area contributed by atoms with Crippen LogP contribution < -0.4 is 9.47 Å². The highest BCUT2D eigenvalue weighted by Gasteiger charge is 2.31. The quantitative estimate of drug-likeness (QED) is 0.668. The van der Waals surface area contributed by atoms with Gasteiger partial charge in [0.1, 0.15) is 11.5 Å². The molecule has 0 saturated carbocycles. The molecule has 8 heteroatoms. The number of fused-ring (bicyclic) bond motifs is 1. The Kier molecular flexibility index (Phi) is 5.22. The molecule has 0 amide bonds. The smallest absolute Gasteiger partial charge is 0.497 e. The van der Waals surface area contributed by atoms with Gasteiger partial charge in [-0.15, -0.1) is 13.2 Å². The molecule has 1 heterocycles. The molecule has 0 aliphatic heterocycles. The van der Waals surface area contributed by atoms with Crippen LogP contribution in [-0.2, 0) is 17.8 Å². The number of hydrogen-bond acceptors (Lipinski definition) is 3. The molecule has 148 valence electrons. The average molecular weight is 393 g/mol. The Bertz CT molecular complexity index is 1010. The zero-order valence-electron chi connectivity index (χ0n) is 15.2. The van der Waals surface area contributed by atoms with E-state index in [1.807, 2.05) is 17.6 Å². The molecule has 0 aliphatic carbocycles. The number of ether oxygens (including phenoxy) is 2. The Labute approximate surface area is 158 Å². The molecule has 3 rings (SSSR count). The van der Waals surface area contributed by atoms with E-state index in [9.17, 15) is 23.1 Å². The highest BCUT2D eigenvalue weighted by atomic mass is 19.4. The third-order valence-electron chi connectivity index (χ3n) is 4.49. The zero-order valence-corrected chi connectivity index (χ0v) is 15.2. The van der Waals surface area contributed by atoms with Gasteiger partial charge in [-0.2, -0.15) is 0 Å². The van der Waals surface area contributed by atoms with Crippen LogP contribution in [0.1, 0.15) is 16.8 Å². The molecule has 0 unspecified atom stereocenters. The average Bonchev–Trinajstić information content (AvgIpc) is 2.86. The minimum Gasteiger partial charge on any atom is -0.497 e. The second-order valence-electron chi connectivity index (χ2n) is 6.30. The van der Waals surface area contributed by atoms with Crippen molar-refractivity contribution in [2.45, 2.75) is 26.3 Å². The summed E-state index contributed by atoms with van der Waals surface area (Å²) in [6, 6.07) is 11.0. The van der Waals surface area contributed by atoms with E-state index >= 15 is 0 Å². The summed E-state index contributed by atoms with van der Waals surface area (Å²) in [4.78, 5) is 11.3. The maximum Gasteiger partial charge on any atom is 0.573 e. The predicted molar refractivity (Wildman–Crippen MR) is 96.8 cm³/mol. The third kappa shape index (κ3) is 4.21. The van der Waals surface area contributed by atoms with E-state index in [1.54, 1.807) is 24.3 Å². The van der Waals surface area contributed by atoms with E-state index in [0.29, 0.717) is 17.9 Å². The fourth-order valence-electron chi connectivity index (χ4n) is 3.21. The lowest BCUT2D eigenvalue weighted by molar-refractivity contribution is -0.274. The number of nitrogens with zero attached hydrogens (tertiary/aromatic N) is 1. The van der Waals surface area contributed by atoms with E-state index in [4.69, 9.17) is 4.74 Å². The van der Waals surface area contributed by atoms with E-state index in [2.05, 4.69) is 4.74 Å². The van der Waals surface area contributed by atoms with Gasteiger partial charge in [-0.1, -0.05) is 12.1 Å². The molecule has 0 spiro atoms. The van der Waals surface area contributed by atoms with Crippen LogP contribution in [0.3, 0.4) is 0 Å². The van der Waals surface area contributed by atoms with Gasteiger partial charge in [0.25, 0.3) is 0 Å². The summed E-state index contributed by atoms with van der Waals surface area (Å²) in [6.45, 7) is 2.20. The van der Waals surface area contributed by atoms with Crippen molar-refractivity contribution >= 4 is 16.9 Å². The molecule has 0 atom stereocenters. The Hall–Kier alpha value is -3.16. The lowest BCUT2D eigenvalue weighted by Gasteiger charge is -2.11. The number of carbonyl (C=O) groups is 1. The number of aliphatic carboxylic acids is 1.